The van der Waals surface area contributed by atoms with Gasteiger partial charge in [0.2, 0.25) is 5.91 Å². The van der Waals surface area contributed by atoms with E-state index < -0.39 is 5.82 Å². The van der Waals surface area contributed by atoms with Crippen LogP contribution in [0.3, 0.4) is 0 Å². The van der Waals surface area contributed by atoms with Gasteiger partial charge in [0.25, 0.3) is 0 Å². The fraction of sp³-hybridized carbons (Fsp3) is 0.562. The quantitative estimate of drug-likeness (QED) is 0.901. The Labute approximate surface area is 129 Å². The summed E-state index contributed by atoms with van der Waals surface area (Å²) in [5.74, 6) is 0.243. The lowest BCUT2D eigenvalue weighted by molar-refractivity contribution is -0.123. The lowest BCUT2D eigenvalue weighted by Crippen LogP contribution is -2.42. The van der Waals surface area contributed by atoms with Crippen molar-refractivity contribution in [1.29, 1.82) is 0 Å². The van der Waals surface area contributed by atoms with Crippen LogP contribution in [0.2, 0.25) is 5.02 Å². The first-order chi connectivity index (χ1) is 10.1. The number of carbonyl (C=O) groups is 1. The topological polar surface area (TPSA) is 41.1 Å². The van der Waals surface area contributed by atoms with E-state index >= 15 is 0 Å². The summed E-state index contributed by atoms with van der Waals surface area (Å²) in [5.41, 5.74) is 0.810. The monoisotopic (exact) mass is 310 g/mol. The molecule has 3 unspecified atom stereocenters. The fourth-order valence-corrected chi connectivity index (χ4v) is 3.69. The molecule has 2 fully saturated rings. The van der Waals surface area contributed by atoms with Crippen LogP contribution in [0.5, 0.6) is 0 Å². The molecule has 21 heavy (non-hydrogen) atoms. The minimum atomic E-state index is -0.437. The lowest BCUT2D eigenvalue weighted by Gasteiger charge is -2.24. The first kappa shape index (κ1) is 14.8. The average molecular weight is 311 g/mol. The molecule has 5 heteroatoms. The largest absolute Gasteiger partial charge is 0.351 e. The van der Waals surface area contributed by atoms with Gasteiger partial charge in [-0.05, 0) is 42.9 Å². The Hall–Kier alpha value is -1.13. The summed E-state index contributed by atoms with van der Waals surface area (Å²) in [4.78, 5) is 12.2. The van der Waals surface area contributed by atoms with Gasteiger partial charge in [0.05, 0.1) is 11.1 Å². The number of benzene rings is 1. The Balaban J connectivity index is 1.53. The molecule has 1 aromatic carbocycles. The van der Waals surface area contributed by atoms with Crippen LogP contribution in [0.1, 0.15) is 37.7 Å². The van der Waals surface area contributed by atoms with Crippen molar-refractivity contribution in [3.05, 3.63) is 34.6 Å². The van der Waals surface area contributed by atoms with E-state index in [0.29, 0.717) is 18.5 Å². The maximum absolute atomic E-state index is 13.1. The van der Waals surface area contributed by atoms with E-state index in [4.69, 9.17) is 11.6 Å². The molecule has 2 aliphatic rings. The van der Waals surface area contributed by atoms with E-state index in [2.05, 4.69) is 10.6 Å². The van der Waals surface area contributed by atoms with Gasteiger partial charge in [-0.25, -0.2) is 4.39 Å². The third-order valence-electron chi connectivity index (χ3n) is 4.63. The van der Waals surface area contributed by atoms with Crippen molar-refractivity contribution in [2.75, 3.05) is 0 Å². The zero-order chi connectivity index (χ0) is 14.8. The molecule has 0 spiro atoms. The van der Waals surface area contributed by atoms with Gasteiger partial charge in [-0.1, -0.05) is 30.5 Å². The van der Waals surface area contributed by atoms with Crippen molar-refractivity contribution in [3.63, 3.8) is 0 Å². The van der Waals surface area contributed by atoms with Crippen LogP contribution in [0.25, 0.3) is 0 Å². The maximum Gasteiger partial charge on any atom is 0.237 e. The number of nitrogens with one attached hydrogen (secondary N) is 2. The molecule has 1 saturated carbocycles. The number of rotatable bonds is 3. The smallest absolute Gasteiger partial charge is 0.237 e. The zero-order valence-electron chi connectivity index (χ0n) is 11.9. The predicted octanol–water partition coefficient (Wildman–Crippen LogP) is 3.02. The van der Waals surface area contributed by atoms with Crippen LogP contribution in [0.15, 0.2) is 18.2 Å². The number of amides is 1. The first-order valence-corrected chi connectivity index (χ1v) is 7.99. The second-order valence-corrected chi connectivity index (χ2v) is 6.48. The Kier molecular flexibility index (Phi) is 4.45. The molecule has 1 aliphatic carbocycles. The van der Waals surface area contributed by atoms with Crippen LogP contribution >= 0.6 is 11.6 Å². The average Bonchev–Trinajstić information content (AvgIpc) is 2.92. The van der Waals surface area contributed by atoms with E-state index in [1.165, 1.54) is 31.7 Å². The van der Waals surface area contributed by atoms with Crippen LogP contribution in [-0.2, 0) is 11.3 Å². The van der Waals surface area contributed by atoms with Gasteiger partial charge in [0.15, 0.2) is 0 Å². The summed E-state index contributed by atoms with van der Waals surface area (Å²) in [6.45, 7) is 0.381. The number of fused-ring (bicyclic) bond motifs is 1. The molecule has 3 rings (SSSR count). The molecule has 1 aromatic rings. The van der Waals surface area contributed by atoms with Crippen molar-refractivity contribution in [2.45, 2.75) is 50.7 Å². The normalized spacial score (nSPS) is 28.2. The molecule has 3 atom stereocenters. The number of halogens is 2. The van der Waals surface area contributed by atoms with Gasteiger partial charge >= 0.3 is 0 Å². The lowest BCUT2D eigenvalue weighted by atomic mass is 9.85. The highest BCUT2D eigenvalue weighted by atomic mass is 35.5. The highest BCUT2D eigenvalue weighted by molar-refractivity contribution is 6.30. The van der Waals surface area contributed by atoms with Crippen LogP contribution < -0.4 is 10.6 Å². The Morgan fingerprint density at radius 3 is 2.95 bits per heavy atom. The van der Waals surface area contributed by atoms with E-state index in [0.717, 1.165) is 12.0 Å². The third-order valence-corrected chi connectivity index (χ3v) is 4.92. The highest BCUT2D eigenvalue weighted by Gasteiger charge is 2.37. The predicted molar refractivity (Wildman–Crippen MR) is 80.5 cm³/mol. The first-order valence-electron chi connectivity index (χ1n) is 7.61. The molecule has 1 saturated heterocycles. The third kappa shape index (κ3) is 3.38. The van der Waals surface area contributed by atoms with E-state index in [-0.39, 0.29) is 17.0 Å². The molecule has 114 valence electrons. The Bertz CT molecular complexity index is 523. The molecule has 1 amide bonds. The molecule has 0 bridgehead atoms. The van der Waals surface area contributed by atoms with E-state index in [1.807, 2.05) is 0 Å². The summed E-state index contributed by atoms with van der Waals surface area (Å²) in [5, 5.41) is 6.46. The Morgan fingerprint density at radius 1 is 1.38 bits per heavy atom. The van der Waals surface area contributed by atoms with Crippen molar-refractivity contribution in [3.8, 4) is 0 Å². The second kappa shape index (κ2) is 6.32. The van der Waals surface area contributed by atoms with Gasteiger partial charge in [0.1, 0.15) is 5.82 Å². The summed E-state index contributed by atoms with van der Waals surface area (Å²) in [7, 11) is 0. The number of hydrogen-bond donors (Lipinski definition) is 2. The SMILES string of the molecule is O=C(NCc1ccc(F)c(Cl)c1)C1CC2CCCCC2N1. The minimum absolute atomic E-state index is 0.0323. The summed E-state index contributed by atoms with van der Waals surface area (Å²) >= 11 is 5.74. The number of carbonyl (C=O) groups excluding carboxylic acids is 1. The summed E-state index contributed by atoms with van der Waals surface area (Å²) in [6.07, 6.45) is 5.89. The van der Waals surface area contributed by atoms with E-state index in [9.17, 15) is 9.18 Å². The van der Waals surface area contributed by atoms with Crippen LogP contribution in [-0.4, -0.2) is 18.0 Å². The maximum atomic E-state index is 13.1. The van der Waals surface area contributed by atoms with Crippen molar-refractivity contribution in [2.24, 2.45) is 5.92 Å². The van der Waals surface area contributed by atoms with Crippen molar-refractivity contribution < 1.29 is 9.18 Å². The summed E-state index contributed by atoms with van der Waals surface area (Å²) in [6, 6.07) is 4.94. The molecule has 0 aromatic heterocycles. The minimum Gasteiger partial charge on any atom is -0.351 e. The second-order valence-electron chi connectivity index (χ2n) is 6.07. The van der Waals surface area contributed by atoms with Gasteiger partial charge in [-0.15, -0.1) is 0 Å². The van der Waals surface area contributed by atoms with Crippen LogP contribution in [0, 0.1) is 11.7 Å². The van der Waals surface area contributed by atoms with Crippen molar-refractivity contribution >= 4 is 17.5 Å². The van der Waals surface area contributed by atoms with Crippen LogP contribution in [0.4, 0.5) is 4.39 Å². The molecular weight excluding hydrogens is 291 g/mol. The number of hydrogen-bond acceptors (Lipinski definition) is 2. The van der Waals surface area contributed by atoms with Gasteiger partial charge in [0, 0.05) is 12.6 Å². The molecule has 1 aliphatic heterocycles. The van der Waals surface area contributed by atoms with Crippen molar-refractivity contribution in [1.82, 2.24) is 10.6 Å². The highest BCUT2D eigenvalue weighted by Crippen LogP contribution is 2.33. The summed E-state index contributed by atoms with van der Waals surface area (Å²) < 4.78 is 13.1. The molecule has 0 radical (unpaired) electrons. The van der Waals surface area contributed by atoms with Gasteiger partial charge < -0.3 is 10.6 Å². The molecular formula is C16H20ClFN2O. The molecule has 1 heterocycles. The molecule has 3 nitrogen and oxygen atoms in total. The van der Waals surface area contributed by atoms with E-state index in [1.54, 1.807) is 12.1 Å². The Morgan fingerprint density at radius 2 is 2.19 bits per heavy atom. The van der Waals surface area contributed by atoms with Gasteiger partial charge in [-0.2, -0.15) is 0 Å². The zero-order valence-corrected chi connectivity index (χ0v) is 12.6. The molecule has 2 N–H and O–H groups in total. The fourth-order valence-electron chi connectivity index (χ4n) is 3.48. The van der Waals surface area contributed by atoms with Gasteiger partial charge in [-0.3, -0.25) is 4.79 Å². The standard InChI is InChI=1S/C16H20ClFN2O/c17-12-7-10(5-6-13(12)18)9-19-16(21)15-8-11-3-1-2-4-14(11)20-15/h5-7,11,14-15,20H,1-4,8-9H2,(H,19,21).